The first-order chi connectivity index (χ1) is 13.6. The van der Waals surface area contributed by atoms with Gasteiger partial charge in [0.1, 0.15) is 0 Å². The molecule has 0 saturated carbocycles. The van der Waals surface area contributed by atoms with E-state index in [1.807, 2.05) is 68.4 Å². The lowest BCUT2D eigenvalue weighted by Gasteiger charge is -2.24. The van der Waals surface area contributed by atoms with Gasteiger partial charge in [0.25, 0.3) is 0 Å². The van der Waals surface area contributed by atoms with E-state index in [1.165, 1.54) is 11.8 Å². The molecule has 0 spiro atoms. The lowest BCUT2D eigenvalue weighted by Crippen LogP contribution is -2.37. The van der Waals surface area contributed by atoms with E-state index in [0.29, 0.717) is 11.7 Å². The van der Waals surface area contributed by atoms with Crippen LogP contribution in [0.3, 0.4) is 0 Å². The number of nitriles is 1. The Labute approximate surface area is 168 Å². The van der Waals surface area contributed by atoms with Gasteiger partial charge in [0.05, 0.1) is 23.4 Å². The van der Waals surface area contributed by atoms with Gasteiger partial charge < -0.3 is 4.90 Å². The highest BCUT2D eigenvalue weighted by Crippen LogP contribution is 2.26. The minimum Gasteiger partial charge on any atom is -0.310 e. The summed E-state index contributed by atoms with van der Waals surface area (Å²) in [5.41, 5.74) is 2.71. The maximum absolute atomic E-state index is 13.1. The Kier molecular flexibility index (Phi) is 6.40. The van der Waals surface area contributed by atoms with Crippen LogP contribution in [-0.4, -0.2) is 37.9 Å². The monoisotopic (exact) mass is 392 g/mol. The fourth-order valence-electron chi connectivity index (χ4n) is 2.74. The Balaban J connectivity index is 1.80. The molecule has 0 aliphatic carbocycles. The molecule has 0 fully saturated rings. The molecule has 0 aliphatic heterocycles. The van der Waals surface area contributed by atoms with Gasteiger partial charge in [0.2, 0.25) is 11.1 Å². The van der Waals surface area contributed by atoms with Crippen LogP contribution in [0.25, 0.3) is 5.69 Å². The second kappa shape index (κ2) is 9.15. The minimum absolute atomic E-state index is 0.0924. The first-order valence-corrected chi connectivity index (χ1v) is 9.73. The van der Waals surface area contributed by atoms with Crippen LogP contribution in [0.15, 0.2) is 59.8 Å². The Hall–Kier alpha value is -3.18. The van der Waals surface area contributed by atoms with Gasteiger partial charge in [-0.05, 0) is 54.1 Å². The molecule has 7 nitrogen and oxygen atoms in total. The number of anilines is 1. The van der Waals surface area contributed by atoms with E-state index in [9.17, 15) is 4.79 Å². The van der Waals surface area contributed by atoms with Crippen molar-refractivity contribution in [3.8, 4) is 11.8 Å². The normalized spacial score (nSPS) is 11.6. The van der Waals surface area contributed by atoms with Gasteiger partial charge in [0.15, 0.2) is 0 Å². The summed E-state index contributed by atoms with van der Waals surface area (Å²) in [4.78, 5) is 14.7. The molecule has 1 aromatic heterocycles. The molecule has 1 amide bonds. The summed E-state index contributed by atoms with van der Waals surface area (Å²) in [5.74, 6) is -0.0924. The van der Waals surface area contributed by atoms with Crippen LogP contribution < -0.4 is 4.90 Å². The number of thioether (sulfide) groups is 1. The van der Waals surface area contributed by atoms with Crippen LogP contribution >= 0.6 is 11.8 Å². The van der Waals surface area contributed by atoms with Crippen LogP contribution in [0, 0.1) is 18.3 Å². The van der Waals surface area contributed by atoms with Crippen LogP contribution in [0.1, 0.15) is 18.9 Å². The molecule has 0 radical (unpaired) electrons. The third kappa shape index (κ3) is 4.56. The van der Waals surface area contributed by atoms with Gasteiger partial charge in [-0.15, -0.1) is 5.10 Å². The van der Waals surface area contributed by atoms with Crippen molar-refractivity contribution in [1.82, 2.24) is 20.2 Å². The van der Waals surface area contributed by atoms with Gasteiger partial charge in [-0.1, -0.05) is 42.1 Å². The molecule has 0 aliphatic rings. The molecular formula is C20H20N6OS. The lowest BCUT2D eigenvalue weighted by molar-refractivity contribution is -0.117. The third-order valence-corrected chi connectivity index (χ3v) is 5.12. The number of amides is 1. The zero-order valence-corrected chi connectivity index (χ0v) is 16.5. The number of carbonyl (C=O) groups is 1. The molecular weight excluding hydrogens is 372 g/mol. The molecule has 142 valence electrons. The maximum atomic E-state index is 13.1. The number of tetrazole rings is 1. The van der Waals surface area contributed by atoms with Gasteiger partial charge in [-0.25, -0.2) is 0 Å². The molecule has 8 heteroatoms. The molecule has 0 saturated heterocycles. The average Bonchev–Trinajstić information content (AvgIpc) is 3.17. The van der Waals surface area contributed by atoms with Crippen LogP contribution in [-0.2, 0) is 4.79 Å². The van der Waals surface area contributed by atoms with Crippen molar-refractivity contribution in [2.45, 2.75) is 30.7 Å². The molecule has 3 rings (SSSR count). The average molecular weight is 392 g/mol. The fraction of sp³-hybridized carbons (Fsp3) is 0.250. The van der Waals surface area contributed by atoms with Crippen LogP contribution in [0.5, 0.6) is 0 Å². The lowest BCUT2D eigenvalue weighted by atomic mass is 10.2. The maximum Gasteiger partial charge on any atom is 0.240 e. The highest BCUT2D eigenvalue weighted by molar-refractivity contribution is 8.00. The van der Waals surface area contributed by atoms with E-state index in [1.54, 1.807) is 9.58 Å². The number of aryl methyl sites for hydroxylation is 1. The van der Waals surface area contributed by atoms with Gasteiger partial charge >= 0.3 is 0 Å². The molecule has 28 heavy (non-hydrogen) atoms. The summed E-state index contributed by atoms with van der Waals surface area (Å²) in [6.07, 6.45) is 0.263. The predicted octanol–water partition coefficient (Wildman–Crippen LogP) is 3.40. The summed E-state index contributed by atoms with van der Waals surface area (Å²) in [7, 11) is 0. The molecule has 1 atom stereocenters. The third-order valence-electron chi connectivity index (χ3n) is 4.10. The number of aromatic nitrogens is 4. The smallest absolute Gasteiger partial charge is 0.240 e. The second-order valence-electron chi connectivity index (χ2n) is 6.21. The standard InChI is InChI=1S/C20H20N6OS/c1-15-8-6-11-18(14-15)26-20(22-23-24-26)28-16(2)19(27)25(13-7-12-21)17-9-4-3-5-10-17/h3-6,8-11,14,16H,7,13H2,1-2H3. The number of para-hydroxylation sites is 1. The molecule has 1 heterocycles. The van der Waals surface area contributed by atoms with Crippen LogP contribution in [0.4, 0.5) is 5.69 Å². The van der Waals surface area contributed by atoms with Gasteiger partial charge in [-0.3, -0.25) is 4.79 Å². The molecule has 3 aromatic rings. The van der Waals surface area contributed by atoms with E-state index >= 15 is 0 Å². The van der Waals surface area contributed by atoms with E-state index in [0.717, 1.165) is 16.9 Å². The number of carbonyl (C=O) groups excluding carboxylic acids is 1. The SMILES string of the molecule is Cc1cccc(-n2nnnc2SC(C)C(=O)N(CCC#N)c2ccccc2)c1. The number of nitrogens with zero attached hydrogens (tertiary/aromatic N) is 6. The zero-order valence-electron chi connectivity index (χ0n) is 15.7. The van der Waals surface area contributed by atoms with Gasteiger partial charge in [-0.2, -0.15) is 9.94 Å². The van der Waals surface area contributed by atoms with Crippen molar-refractivity contribution >= 4 is 23.4 Å². The summed E-state index contributed by atoms with van der Waals surface area (Å²) in [5, 5.41) is 21.0. The molecule has 2 aromatic carbocycles. The Bertz CT molecular complexity index is 982. The Morgan fingerprint density at radius 2 is 2.04 bits per heavy atom. The first-order valence-electron chi connectivity index (χ1n) is 8.85. The predicted molar refractivity (Wildman–Crippen MR) is 108 cm³/mol. The molecule has 1 unspecified atom stereocenters. The largest absolute Gasteiger partial charge is 0.310 e. The minimum atomic E-state index is -0.423. The highest BCUT2D eigenvalue weighted by atomic mass is 32.2. The zero-order chi connectivity index (χ0) is 19.9. The van der Waals surface area contributed by atoms with Crippen LogP contribution in [0.2, 0.25) is 0 Å². The summed E-state index contributed by atoms with van der Waals surface area (Å²) in [6, 6.07) is 19.3. The molecule has 0 bridgehead atoms. The van der Waals surface area contributed by atoms with Crippen molar-refractivity contribution in [3.63, 3.8) is 0 Å². The van der Waals surface area contributed by atoms with Crippen molar-refractivity contribution in [2.24, 2.45) is 0 Å². The van der Waals surface area contributed by atoms with E-state index in [-0.39, 0.29) is 12.3 Å². The van der Waals surface area contributed by atoms with Crippen molar-refractivity contribution in [3.05, 3.63) is 60.2 Å². The van der Waals surface area contributed by atoms with E-state index < -0.39 is 5.25 Å². The van der Waals surface area contributed by atoms with Crippen molar-refractivity contribution < 1.29 is 4.79 Å². The molecule has 0 N–H and O–H groups in total. The first kappa shape index (κ1) is 19.6. The fourth-order valence-corrected chi connectivity index (χ4v) is 3.61. The summed E-state index contributed by atoms with van der Waals surface area (Å²) in [6.45, 7) is 4.16. The number of benzene rings is 2. The second-order valence-corrected chi connectivity index (χ2v) is 7.51. The quantitative estimate of drug-likeness (QED) is 0.573. The highest BCUT2D eigenvalue weighted by Gasteiger charge is 2.25. The van der Waals surface area contributed by atoms with E-state index in [2.05, 4.69) is 21.6 Å². The number of hydrogen-bond donors (Lipinski definition) is 0. The number of hydrogen-bond acceptors (Lipinski definition) is 6. The summed E-state index contributed by atoms with van der Waals surface area (Å²) >= 11 is 1.29. The van der Waals surface area contributed by atoms with Crippen molar-refractivity contribution in [2.75, 3.05) is 11.4 Å². The number of rotatable bonds is 7. The Morgan fingerprint density at radius 3 is 2.75 bits per heavy atom. The van der Waals surface area contributed by atoms with Gasteiger partial charge in [0, 0.05) is 12.2 Å². The van der Waals surface area contributed by atoms with E-state index in [4.69, 9.17) is 5.26 Å². The topological polar surface area (TPSA) is 87.7 Å². The Morgan fingerprint density at radius 1 is 1.25 bits per heavy atom. The summed E-state index contributed by atoms with van der Waals surface area (Å²) < 4.78 is 1.63. The van der Waals surface area contributed by atoms with Crippen molar-refractivity contribution in [1.29, 1.82) is 5.26 Å².